The Morgan fingerprint density at radius 3 is 2.67 bits per heavy atom. The number of hydrogen-bond donors (Lipinski definition) is 1. The third-order valence-electron chi connectivity index (χ3n) is 2.51. The number of carbonyl (C=O) groups is 1. The fourth-order valence-electron chi connectivity index (χ4n) is 1.61. The van der Waals surface area contributed by atoms with E-state index in [0.29, 0.717) is 5.75 Å². The number of nitrogens with two attached hydrogens (primary N) is 1. The Labute approximate surface area is 101 Å². The minimum absolute atomic E-state index is 0.0242. The van der Waals surface area contributed by atoms with E-state index >= 15 is 0 Å². The van der Waals surface area contributed by atoms with Gasteiger partial charge in [-0.05, 0) is 6.07 Å². The quantitative estimate of drug-likeness (QED) is 0.474. The monoisotopic (exact) mass is 254 g/mol. The Morgan fingerprint density at radius 1 is 1.50 bits per heavy atom. The van der Waals surface area contributed by atoms with Crippen LogP contribution in [0.2, 0.25) is 0 Å². The Morgan fingerprint density at radius 2 is 2.11 bits per heavy atom. The molecule has 0 bridgehead atoms. The van der Waals surface area contributed by atoms with Crippen molar-refractivity contribution in [2.24, 2.45) is 5.73 Å². The smallest absolute Gasteiger partial charge is 0.327 e. The van der Waals surface area contributed by atoms with Crippen LogP contribution >= 0.6 is 0 Å². The average Bonchev–Trinajstić information content (AvgIpc) is 2.82. The molecule has 8 nitrogen and oxygen atoms in total. The standard InChI is InChI=1S/C10H10N2O6/c1-16-10(13)9(11)5-2-7-8(18-4-17-7)3-6(5)12(14)15/h2-3,9H,4,11H2,1H3/t9-/m0/s1. The first-order chi connectivity index (χ1) is 8.54. The summed E-state index contributed by atoms with van der Waals surface area (Å²) in [5.41, 5.74) is 5.32. The van der Waals surface area contributed by atoms with Crippen LogP contribution in [-0.4, -0.2) is 24.8 Å². The van der Waals surface area contributed by atoms with Crippen LogP contribution in [0.25, 0.3) is 0 Å². The molecule has 0 amide bonds. The molecule has 0 saturated carbocycles. The van der Waals surface area contributed by atoms with Crippen molar-refractivity contribution in [1.82, 2.24) is 0 Å². The largest absolute Gasteiger partial charge is 0.468 e. The first-order valence-corrected chi connectivity index (χ1v) is 4.96. The topological polar surface area (TPSA) is 114 Å². The number of nitro benzene ring substituents is 1. The molecule has 96 valence electrons. The van der Waals surface area contributed by atoms with Gasteiger partial charge in [0.15, 0.2) is 11.5 Å². The van der Waals surface area contributed by atoms with E-state index in [1.54, 1.807) is 0 Å². The van der Waals surface area contributed by atoms with Crippen molar-refractivity contribution < 1.29 is 23.9 Å². The lowest BCUT2D eigenvalue weighted by atomic mass is 10.0. The number of nitro groups is 1. The molecule has 8 heteroatoms. The minimum Gasteiger partial charge on any atom is -0.468 e. The van der Waals surface area contributed by atoms with Gasteiger partial charge in [-0.2, -0.15) is 0 Å². The van der Waals surface area contributed by atoms with Crippen LogP contribution in [0.1, 0.15) is 11.6 Å². The van der Waals surface area contributed by atoms with Crippen LogP contribution < -0.4 is 15.2 Å². The molecule has 1 aromatic rings. The fourth-order valence-corrected chi connectivity index (χ4v) is 1.61. The molecule has 0 aliphatic carbocycles. The lowest BCUT2D eigenvalue weighted by Crippen LogP contribution is -2.23. The van der Waals surface area contributed by atoms with Gasteiger partial charge in [0.05, 0.1) is 23.7 Å². The van der Waals surface area contributed by atoms with E-state index in [9.17, 15) is 14.9 Å². The van der Waals surface area contributed by atoms with Gasteiger partial charge in [0.1, 0.15) is 6.04 Å². The van der Waals surface area contributed by atoms with Crippen molar-refractivity contribution in [3.8, 4) is 11.5 Å². The molecule has 0 spiro atoms. The molecule has 0 aromatic heterocycles. The number of ether oxygens (including phenoxy) is 3. The highest BCUT2D eigenvalue weighted by molar-refractivity contribution is 5.79. The minimum atomic E-state index is -1.25. The summed E-state index contributed by atoms with van der Waals surface area (Å²) in [6, 6.07) is 1.26. The van der Waals surface area contributed by atoms with Gasteiger partial charge in [-0.15, -0.1) is 0 Å². The Kier molecular flexibility index (Phi) is 3.02. The SMILES string of the molecule is COC(=O)[C@@H](N)c1cc2c(cc1[N+](=O)[O-])OCO2. The van der Waals surface area contributed by atoms with Crippen molar-refractivity contribution in [2.45, 2.75) is 6.04 Å². The summed E-state index contributed by atoms with van der Waals surface area (Å²) >= 11 is 0. The van der Waals surface area contributed by atoms with Crippen molar-refractivity contribution in [1.29, 1.82) is 0 Å². The summed E-state index contributed by atoms with van der Waals surface area (Å²) in [5, 5.41) is 10.9. The lowest BCUT2D eigenvalue weighted by Gasteiger charge is -2.10. The number of nitrogens with zero attached hydrogens (tertiary/aromatic N) is 1. The van der Waals surface area contributed by atoms with Gasteiger partial charge in [-0.25, -0.2) is 4.79 Å². The second kappa shape index (κ2) is 4.49. The Bertz CT molecular complexity index is 515. The zero-order valence-electron chi connectivity index (χ0n) is 9.41. The maximum absolute atomic E-state index is 11.3. The van der Waals surface area contributed by atoms with E-state index in [1.807, 2.05) is 0 Å². The van der Waals surface area contributed by atoms with E-state index in [-0.39, 0.29) is 23.8 Å². The summed E-state index contributed by atoms with van der Waals surface area (Å²) in [6.07, 6.45) is 0. The van der Waals surface area contributed by atoms with Gasteiger partial charge in [0.2, 0.25) is 6.79 Å². The number of methoxy groups -OCH3 is 1. The zero-order valence-corrected chi connectivity index (χ0v) is 9.41. The lowest BCUT2D eigenvalue weighted by molar-refractivity contribution is -0.385. The summed E-state index contributed by atoms with van der Waals surface area (Å²) in [5.74, 6) is -0.200. The molecule has 0 unspecified atom stereocenters. The molecule has 0 fully saturated rings. The first kappa shape index (κ1) is 12.1. The van der Waals surface area contributed by atoms with Gasteiger partial charge >= 0.3 is 5.97 Å². The van der Waals surface area contributed by atoms with Crippen LogP contribution in [0.15, 0.2) is 12.1 Å². The summed E-state index contributed by atoms with van der Waals surface area (Å²) in [7, 11) is 1.15. The van der Waals surface area contributed by atoms with Gasteiger partial charge in [0.25, 0.3) is 5.69 Å². The highest BCUT2D eigenvalue weighted by atomic mass is 16.7. The molecule has 0 saturated heterocycles. The predicted molar refractivity (Wildman–Crippen MR) is 58.2 cm³/mol. The number of fused-ring (bicyclic) bond motifs is 1. The zero-order chi connectivity index (χ0) is 13.3. The first-order valence-electron chi connectivity index (χ1n) is 4.96. The highest BCUT2D eigenvalue weighted by Crippen LogP contribution is 2.39. The maximum atomic E-state index is 11.3. The molecule has 2 rings (SSSR count). The molecule has 18 heavy (non-hydrogen) atoms. The van der Waals surface area contributed by atoms with Crippen LogP contribution in [0.3, 0.4) is 0 Å². The third kappa shape index (κ3) is 1.93. The summed E-state index contributed by atoms with van der Waals surface area (Å²) in [6.45, 7) is -0.0244. The Balaban J connectivity index is 2.51. The van der Waals surface area contributed by atoms with Gasteiger partial charge in [-0.3, -0.25) is 10.1 Å². The van der Waals surface area contributed by atoms with E-state index in [2.05, 4.69) is 4.74 Å². The normalized spacial score (nSPS) is 14.1. The van der Waals surface area contributed by atoms with E-state index in [4.69, 9.17) is 15.2 Å². The summed E-state index contributed by atoms with van der Waals surface area (Å²) < 4.78 is 14.6. The molecular weight excluding hydrogens is 244 g/mol. The van der Waals surface area contributed by atoms with Crippen molar-refractivity contribution in [3.63, 3.8) is 0 Å². The maximum Gasteiger partial charge on any atom is 0.327 e. The number of carbonyl (C=O) groups excluding carboxylic acids is 1. The van der Waals surface area contributed by atoms with Crippen molar-refractivity contribution in [3.05, 3.63) is 27.8 Å². The van der Waals surface area contributed by atoms with Gasteiger partial charge < -0.3 is 19.9 Å². The van der Waals surface area contributed by atoms with Gasteiger partial charge in [-0.1, -0.05) is 0 Å². The van der Waals surface area contributed by atoms with Crippen LogP contribution in [0.5, 0.6) is 11.5 Å². The average molecular weight is 254 g/mol. The molecule has 1 atom stereocenters. The van der Waals surface area contributed by atoms with E-state index in [1.165, 1.54) is 12.1 Å². The molecular formula is C10H10N2O6. The number of rotatable bonds is 3. The third-order valence-corrected chi connectivity index (χ3v) is 2.51. The second-order valence-corrected chi connectivity index (χ2v) is 3.52. The highest BCUT2D eigenvalue weighted by Gasteiger charge is 2.30. The Hall–Kier alpha value is -2.35. The number of hydrogen-bond acceptors (Lipinski definition) is 7. The summed E-state index contributed by atoms with van der Waals surface area (Å²) in [4.78, 5) is 21.6. The second-order valence-electron chi connectivity index (χ2n) is 3.52. The van der Waals surface area contributed by atoms with E-state index in [0.717, 1.165) is 7.11 Å². The van der Waals surface area contributed by atoms with Crippen molar-refractivity contribution >= 4 is 11.7 Å². The molecule has 2 N–H and O–H groups in total. The molecule has 1 aliphatic heterocycles. The number of esters is 1. The predicted octanol–water partition coefficient (Wildman–Crippen LogP) is 0.496. The molecule has 1 heterocycles. The van der Waals surface area contributed by atoms with Crippen LogP contribution in [-0.2, 0) is 9.53 Å². The molecule has 1 aliphatic rings. The van der Waals surface area contributed by atoms with E-state index < -0.39 is 16.9 Å². The van der Waals surface area contributed by atoms with Crippen LogP contribution in [0, 0.1) is 10.1 Å². The van der Waals surface area contributed by atoms with Crippen molar-refractivity contribution in [2.75, 3.05) is 13.9 Å². The molecule has 1 aromatic carbocycles. The number of benzene rings is 1. The fraction of sp³-hybridized carbons (Fsp3) is 0.300. The van der Waals surface area contributed by atoms with Gasteiger partial charge in [0, 0.05) is 0 Å². The van der Waals surface area contributed by atoms with Crippen LogP contribution in [0.4, 0.5) is 5.69 Å². The molecule has 0 radical (unpaired) electrons.